The molecule has 0 aliphatic rings. The molecule has 0 saturated heterocycles. The molecule has 3 nitrogen and oxygen atoms in total. The van der Waals surface area contributed by atoms with Crippen LogP contribution in [0.2, 0.25) is 5.02 Å². The van der Waals surface area contributed by atoms with Crippen molar-refractivity contribution in [2.75, 3.05) is 5.43 Å². The second kappa shape index (κ2) is 4.28. The van der Waals surface area contributed by atoms with Crippen molar-refractivity contribution in [1.29, 1.82) is 0 Å². The molecule has 2 N–H and O–H groups in total. The lowest BCUT2D eigenvalue weighted by atomic mass is 10.2. The highest BCUT2D eigenvalue weighted by molar-refractivity contribution is 6.32. The Morgan fingerprint density at radius 2 is 2.00 bits per heavy atom. The van der Waals surface area contributed by atoms with Crippen LogP contribution in [0.5, 0.6) is 5.75 Å². The largest absolute Gasteiger partial charge is 0.506 e. The fourth-order valence-electron chi connectivity index (χ4n) is 1.28. The third-order valence-corrected chi connectivity index (χ3v) is 2.39. The molecule has 0 unspecified atom stereocenters. The lowest BCUT2D eigenvalue weighted by Gasteiger charge is -2.08. The molecule has 15 heavy (non-hydrogen) atoms. The van der Waals surface area contributed by atoms with Crippen LogP contribution < -0.4 is 5.43 Å². The third kappa shape index (κ3) is 2.44. The molecule has 0 fully saturated rings. The number of phenolic OH excluding ortho intramolecular Hbond substituents is 1. The highest BCUT2D eigenvalue weighted by atomic mass is 35.5. The summed E-state index contributed by atoms with van der Waals surface area (Å²) in [6.07, 6.45) is 3.84. The molecule has 0 spiro atoms. The van der Waals surface area contributed by atoms with Crippen LogP contribution >= 0.6 is 11.6 Å². The normalized spacial score (nSPS) is 10.2. The van der Waals surface area contributed by atoms with E-state index in [2.05, 4.69) is 5.43 Å². The zero-order chi connectivity index (χ0) is 10.7. The van der Waals surface area contributed by atoms with E-state index in [1.165, 1.54) is 0 Å². The van der Waals surface area contributed by atoms with Crippen LogP contribution in [-0.2, 0) is 6.54 Å². The maximum absolute atomic E-state index is 9.24. The summed E-state index contributed by atoms with van der Waals surface area (Å²) in [4.78, 5) is 0. The van der Waals surface area contributed by atoms with Gasteiger partial charge < -0.3 is 10.5 Å². The van der Waals surface area contributed by atoms with E-state index in [1.807, 2.05) is 35.3 Å². The lowest BCUT2D eigenvalue weighted by molar-refractivity contribution is 0.475. The van der Waals surface area contributed by atoms with Gasteiger partial charge in [-0.05, 0) is 29.8 Å². The third-order valence-electron chi connectivity index (χ3n) is 2.08. The van der Waals surface area contributed by atoms with Gasteiger partial charge in [-0.2, -0.15) is 0 Å². The van der Waals surface area contributed by atoms with Crippen LogP contribution in [0.3, 0.4) is 0 Å². The van der Waals surface area contributed by atoms with E-state index in [0.717, 1.165) is 5.56 Å². The number of hydrogen-bond acceptors (Lipinski definition) is 2. The quantitative estimate of drug-likeness (QED) is 0.838. The van der Waals surface area contributed by atoms with Crippen molar-refractivity contribution in [3.63, 3.8) is 0 Å². The van der Waals surface area contributed by atoms with Crippen LogP contribution in [0.25, 0.3) is 0 Å². The molecule has 1 aromatic carbocycles. The summed E-state index contributed by atoms with van der Waals surface area (Å²) in [5.74, 6) is 0.112. The molecule has 0 radical (unpaired) electrons. The molecule has 0 atom stereocenters. The first-order chi connectivity index (χ1) is 7.25. The number of benzene rings is 1. The Hall–Kier alpha value is -1.61. The van der Waals surface area contributed by atoms with Gasteiger partial charge in [-0.3, -0.25) is 4.68 Å². The average molecular weight is 223 g/mol. The predicted octanol–water partition coefficient (Wildman–Crippen LogP) is 2.59. The van der Waals surface area contributed by atoms with Crippen molar-refractivity contribution < 1.29 is 5.11 Å². The van der Waals surface area contributed by atoms with Crippen molar-refractivity contribution in [3.8, 4) is 5.75 Å². The molecule has 0 amide bonds. The highest BCUT2D eigenvalue weighted by Gasteiger charge is 1.99. The van der Waals surface area contributed by atoms with Gasteiger partial charge in [-0.25, -0.2) is 0 Å². The Balaban J connectivity index is 2.02. The summed E-state index contributed by atoms with van der Waals surface area (Å²) >= 11 is 5.79. The molecular weight excluding hydrogens is 212 g/mol. The summed E-state index contributed by atoms with van der Waals surface area (Å²) in [5, 5.41) is 9.62. The van der Waals surface area contributed by atoms with Gasteiger partial charge in [0.2, 0.25) is 0 Å². The molecular formula is C11H11ClN2O. The summed E-state index contributed by atoms with van der Waals surface area (Å²) in [6.45, 7) is 0.661. The fraction of sp³-hybridized carbons (Fsp3) is 0.0909. The second-order valence-corrected chi connectivity index (χ2v) is 3.62. The highest BCUT2D eigenvalue weighted by Crippen LogP contribution is 2.23. The summed E-state index contributed by atoms with van der Waals surface area (Å²) < 4.78 is 1.86. The van der Waals surface area contributed by atoms with Gasteiger partial charge in [-0.1, -0.05) is 17.7 Å². The number of aromatic nitrogens is 1. The first-order valence-electron chi connectivity index (χ1n) is 4.60. The van der Waals surface area contributed by atoms with E-state index in [1.54, 1.807) is 12.1 Å². The summed E-state index contributed by atoms with van der Waals surface area (Å²) in [7, 11) is 0. The van der Waals surface area contributed by atoms with Crippen LogP contribution in [0.15, 0.2) is 42.7 Å². The molecule has 0 saturated carbocycles. The Morgan fingerprint density at radius 3 is 2.67 bits per heavy atom. The van der Waals surface area contributed by atoms with Gasteiger partial charge in [0.25, 0.3) is 0 Å². The SMILES string of the molecule is Oc1ccc(CNn2cccc2)cc1Cl. The van der Waals surface area contributed by atoms with E-state index in [9.17, 15) is 5.11 Å². The molecule has 1 aromatic heterocycles. The van der Waals surface area contributed by atoms with Crippen molar-refractivity contribution in [1.82, 2.24) is 4.68 Å². The monoisotopic (exact) mass is 222 g/mol. The van der Waals surface area contributed by atoms with Gasteiger partial charge in [0.05, 0.1) is 11.6 Å². The molecule has 78 valence electrons. The van der Waals surface area contributed by atoms with Gasteiger partial charge >= 0.3 is 0 Å². The number of halogens is 1. The minimum absolute atomic E-state index is 0.112. The van der Waals surface area contributed by atoms with Gasteiger partial charge in [-0.15, -0.1) is 0 Å². The smallest absolute Gasteiger partial charge is 0.134 e. The number of nitrogens with zero attached hydrogens (tertiary/aromatic N) is 1. The van der Waals surface area contributed by atoms with E-state index >= 15 is 0 Å². The average Bonchev–Trinajstić information content (AvgIpc) is 2.73. The Kier molecular flexibility index (Phi) is 2.83. The van der Waals surface area contributed by atoms with Crippen molar-refractivity contribution in [2.45, 2.75) is 6.54 Å². The Bertz CT molecular complexity index is 440. The standard InChI is InChI=1S/C11H11ClN2O/c12-10-7-9(3-4-11(10)15)8-13-14-5-1-2-6-14/h1-7,13,15H,8H2. The fourth-order valence-corrected chi connectivity index (χ4v) is 1.49. The maximum atomic E-state index is 9.24. The minimum atomic E-state index is 0.112. The number of phenols is 1. The van der Waals surface area contributed by atoms with Crippen LogP contribution in [0.1, 0.15) is 5.56 Å². The van der Waals surface area contributed by atoms with Crippen molar-refractivity contribution >= 4 is 11.6 Å². The lowest BCUT2D eigenvalue weighted by Crippen LogP contribution is -2.11. The van der Waals surface area contributed by atoms with Gasteiger partial charge in [0, 0.05) is 12.4 Å². The van der Waals surface area contributed by atoms with E-state index in [0.29, 0.717) is 11.6 Å². The van der Waals surface area contributed by atoms with E-state index in [4.69, 9.17) is 11.6 Å². The molecule has 1 heterocycles. The summed E-state index contributed by atoms with van der Waals surface area (Å²) in [6, 6.07) is 9.05. The number of nitrogens with one attached hydrogen (secondary N) is 1. The predicted molar refractivity (Wildman–Crippen MR) is 60.6 cm³/mol. The molecule has 2 aromatic rings. The number of hydrogen-bond donors (Lipinski definition) is 2. The maximum Gasteiger partial charge on any atom is 0.134 e. The molecule has 0 bridgehead atoms. The van der Waals surface area contributed by atoms with E-state index in [-0.39, 0.29) is 5.75 Å². The van der Waals surface area contributed by atoms with E-state index < -0.39 is 0 Å². The van der Waals surface area contributed by atoms with Crippen LogP contribution in [-0.4, -0.2) is 9.78 Å². The molecule has 0 aliphatic carbocycles. The van der Waals surface area contributed by atoms with Crippen molar-refractivity contribution in [3.05, 3.63) is 53.3 Å². The first-order valence-corrected chi connectivity index (χ1v) is 4.98. The Labute approximate surface area is 92.9 Å². The van der Waals surface area contributed by atoms with Crippen LogP contribution in [0.4, 0.5) is 0 Å². The summed E-state index contributed by atoms with van der Waals surface area (Å²) in [5.41, 5.74) is 4.18. The van der Waals surface area contributed by atoms with Crippen molar-refractivity contribution in [2.24, 2.45) is 0 Å². The second-order valence-electron chi connectivity index (χ2n) is 3.21. The zero-order valence-electron chi connectivity index (χ0n) is 8.02. The Morgan fingerprint density at radius 1 is 1.27 bits per heavy atom. The topological polar surface area (TPSA) is 37.2 Å². The number of aromatic hydroxyl groups is 1. The molecule has 0 aliphatic heterocycles. The molecule has 4 heteroatoms. The number of rotatable bonds is 3. The molecule has 2 rings (SSSR count). The first kappa shape index (κ1) is 9.93. The minimum Gasteiger partial charge on any atom is -0.506 e. The van der Waals surface area contributed by atoms with Crippen LogP contribution in [0, 0.1) is 0 Å². The van der Waals surface area contributed by atoms with Gasteiger partial charge in [0.15, 0.2) is 0 Å². The zero-order valence-corrected chi connectivity index (χ0v) is 8.78. The van der Waals surface area contributed by atoms with Gasteiger partial charge in [0.1, 0.15) is 5.75 Å².